The second kappa shape index (κ2) is 7.64. The molecule has 6 nitrogen and oxygen atoms in total. The average molecular weight is 305 g/mol. The summed E-state index contributed by atoms with van der Waals surface area (Å²) >= 11 is 6.16. The standard InChI is InChI=1S/C14H17ClN6/c1-10(6-7-18-16)8-17-14-20-13(9-19-21-14)11-4-2-3-5-12(11)15/h2-5,9-10,16H,6-8H2,1H3,(H,17,20,21). The van der Waals surface area contributed by atoms with Crippen molar-refractivity contribution < 1.29 is 0 Å². The molecule has 21 heavy (non-hydrogen) atoms. The number of anilines is 1. The van der Waals surface area contributed by atoms with Gasteiger partial charge in [0.1, 0.15) is 0 Å². The number of benzene rings is 1. The second-order valence-electron chi connectivity index (χ2n) is 4.80. The van der Waals surface area contributed by atoms with Gasteiger partial charge in [0.15, 0.2) is 0 Å². The molecule has 110 valence electrons. The fourth-order valence-electron chi connectivity index (χ4n) is 1.83. The highest BCUT2D eigenvalue weighted by molar-refractivity contribution is 6.33. The van der Waals surface area contributed by atoms with Gasteiger partial charge >= 0.3 is 0 Å². The Kier molecular flexibility index (Phi) is 5.57. The van der Waals surface area contributed by atoms with Crippen molar-refractivity contribution >= 4 is 17.5 Å². The third-order valence-electron chi connectivity index (χ3n) is 3.05. The summed E-state index contributed by atoms with van der Waals surface area (Å²) in [6, 6.07) is 7.49. The zero-order valence-corrected chi connectivity index (χ0v) is 12.5. The lowest BCUT2D eigenvalue weighted by molar-refractivity contribution is 0.556. The van der Waals surface area contributed by atoms with E-state index in [0.717, 1.165) is 12.0 Å². The van der Waals surface area contributed by atoms with Crippen LogP contribution in [0.25, 0.3) is 11.3 Å². The van der Waals surface area contributed by atoms with Gasteiger partial charge in [-0.3, -0.25) is 0 Å². The molecule has 0 aliphatic rings. The van der Waals surface area contributed by atoms with Crippen LogP contribution in [0.4, 0.5) is 5.95 Å². The van der Waals surface area contributed by atoms with Crippen LogP contribution in [0.15, 0.2) is 35.6 Å². The number of rotatable bonds is 7. The Hall–Kier alpha value is -2.08. The summed E-state index contributed by atoms with van der Waals surface area (Å²) in [5, 5.41) is 15.1. The normalized spacial score (nSPS) is 11.9. The monoisotopic (exact) mass is 304 g/mol. The Labute approximate surface area is 128 Å². The van der Waals surface area contributed by atoms with E-state index < -0.39 is 0 Å². The van der Waals surface area contributed by atoms with Crippen molar-refractivity contribution in [3.05, 3.63) is 35.5 Å². The van der Waals surface area contributed by atoms with Crippen LogP contribution in [0, 0.1) is 11.4 Å². The molecular weight excluding hydrogens is 288 g/mol. The quantitative estimate of drug-likeness (QED) is 0.764. The molecule has 0 amide bonds. The molecule has 0 aliphatic carbocycles. The maximum absolute atomic E-state index is 6.79. The molecule has 0 bridgehead atoms. The minimum atomic E-state index is 0.381. The smallest absolute Gasteiger partial charge is 0.243 e. The van der Waals surface area contributed by atoms with Crippen molar-refractivity contribution in [1.29, 1.82) is 5.53 Å². The zero-order chi connectivity index (χ0) is 15.1. The second-order valence-corrected chi connectivity index (χ2v) is 5.21. The Bertz CT molecular complexity index is 604. The van der Waals surface area contributed by atoms with Gasteiger partial charge in [0.2, 0.25) is 5.95 Å². The summed E-state index contributed by atoms with van der Waals surface area (Å²) in [4.78, 5) is 4.43. The molecule has 1 atom stereocenters. The summed E-state index contributed by atoms with van der Waals surface area (Å²) in [7, 11) is 0. The number of nitrogens with one attached hydrogen (secondary N) is 2. The molecule has 1 heterocycles. The predicted octanol–water partition coefficient (Wildman–Crippen LogP) is 3.66. The Morgan fingerprint density at radius 3 is 2.95 bits per heavy atom. The van der Waals surface area contributed by atoms with E-state index in [4.69, 9.17) is 17.1 Å². The van der Waals surface area contributed by atoms with E-state index in [9.17, 15) is 0 Å². The summed E-state index contributed by atoms with van der Waals surface area (Å²) < 4.78 is 0. The van der Waals surface area contributed by atoms with E-state index in [-0.39, 0.29) is 0 Å². The largest absolute Gasteiger partial charge is 0.353 e. The van der Waals surface area contributed by atoms with Crippen molar-refractivity contribution in [2.45, 2.75) is 13.3 Å². The van der Waals surface area contributed by atoms with Crippen LogP contribution in [-0.2, 0) is 0 Å². The van der Waals surface area contributed by atoms with Crippen LogP contribution in [0.2, 0.25) is 5.02 Å². The molecule has 2 N–H and O–H groups in total. The van der Waals surface area contributed by atoms with Gasteiger partial charge in [-0.2, -0.15) is 10.2 Å². The Morgan fingerprint density at radius 2 is 2.19 bits per heavy atom. The van der Waals surface area contributed by atoms with E-state index in [1.807, 2.05) is 24.3 Å². The molecule has 7 heteroatoms. The van der Waals surface area contributed by atoms with Crippen molar-refractivity contribution in [3.8, 4) is 11.3 Å². The summed E-state index contributed by atoms with van der Waals surface area (Å²) in [6.07, 6.45) is 2.45. The van der Waals surface area contributed by atoms with Gasteiger partial charge in [-0.15, -0.1) is 5.10 Å². The lowest BCUT2D eigenvalue weighted by Gasteiger charge is -2.11. The third kappa shape index (κ3) is 4.46. The molecule has 1 unspecified atom stereocenters. The van der Waals surface area contributed by atoms with Crippen LogP contribution >= 0.6 is 11.6 Å². The predicted molar refractivity (Wildman–Crippen MR) is 82.6 cm³/mol. The first-order valence-electron chi connectivity index (χ1n) is 6.72. The summed E-state index contributed by atoms with van der Waals surface area (Å²) in [6.45, 7) is 3.34. The number of aromatic nitrogens is 3. The molecule has 2 rings (SSSR count). The summed E-state index contributed by atoms with van der Waals surface area (Å²) in [5.74, 6) is 0.855. The SMILES string of the molecule is CC(CCN=N)CNc1nncc(-c2ccccc2Cl)n1. The van der Waals surface area contributed by atoms with Gasteiger partial charge in [-0.05, 0) is 18.4 Å². The first kappa shape index (κ1) is 15.3. The van der Waals surface area contributed by atoms with Gasteiger partial charge < -0.3 is 5.32 Å². The highest BCUT2D eigenvalue weighted by Crippen LogP contribution is 2.25. The number of hydrogen-bond acceptors (Lipinski definition) is 6. The highest BCUT2D eigenvalue weighted by Gasteiger charge is 2.08. The zero-order valence-electron chi connectivity index (χ0n) is 11.8. The van der Waals surface area contributed by atoms with Crippen LogP contribution in [-0.4, -0.2) is 28.3 Å². The van der Waals surface area contributed by atoms with Crippen molar-refractivity contribution in [2.24, 2.45) is 11.0 Å². The molecule has 0 spiro atoms. The van der Waals surface area contributed by atoms with Crippen LogP contribution in [0.3, 0.4) is 0 Å². The lowest BCUT2D eigenvalue weighted by atomic mass is 10.1. The van der Waals surface area contributed by atoms with Crippen LogP contribution < -0.4 is 5.32 Å². The molecule has 1 aromatic heterocycles. The molecule has 0 fully saturated rings. The van der Waals surface area contributed by atoms with Gasteiger partial charge in [0.25, 0.3) is 0 Å². The van der Waals surface area contributed by atoms with Crippen LogP contribution in [0.1, 0.15) is 13.3 Å². The van der Waals surface area contributed by atoms with E-state index in [1.165, 1.54) is 0 Å². The van der Waals surface area contributed by atoms with Gasteiger partial charge in [0.05, 0.1) is 23.5 Å². The van der Waals surface area contributed by atoms with Crippen molar-refractivity contribution in [3.63, 3.8) is 0 Å². The average Bonchev–Trinajstić information content (AvgIpc) is 2.51. The Morgan fingerprint density at radius 1 is 1.38 bits per heavy atom. The fourth-order valence-corrected chi connectivity index (χ4v) is 2.06. The van der Waals surface area contributed by atoms with Gasteiger partial charge in [-0.25, -0.2) is 10.5 Å². The first-order chi connectivity index (χ1) is 10.2. The van der Waals surface area contributed by atoms with Gasteiger partial charge in [-0.1, -0.05) is 36.7 Å². The maximum atomic E-state index is 6.79. The highest BCUT2D eigenvalue weighted by atomic mass is 35.5. The maximum Gasteiger partial charge on any atom is 0.243 e. The van der Waals surface area contributed by atoms with E-state index >= 15 is 0 Å². The van der Waals surface area contributed by atoms with E-state index in [2.05, 4.69) is 32.5 Å². The number of hydrogen-bond donors (Lipinski definition) is 2. The molecule has 0 aliphatic heterocycles. The molecule has 0 saturated carbocycles. The Balaban J connectivity index is 2.05. The molecular formula is C14H17ClN6. The third-order valence-corrected chi connectivity index (χ3v) is 3.38. The first-order valence-corrected chi connectivity index (χ1v) is 7.10. The van der Waals surface area contributed by atoms with E-state index in [0.29, 0.717) is 35.7 Å². The summed E-state index contributed by atoms with van der Waals surface area (Å²) in [5.41, 5.74) is 8.31. The number of nitrogens with zero attached hydrogens (tertiary/aromatic N) is 4. The minimum Gasteiger partial charge on any atom is -0.353 e. The molecule has 1 aromatic carbocycles. The minimum absolute atomic E-state index is 0.381. The molecule has 0 radical (unpaired) electrons. The molecule has 2 aromatic rings. The van der Waals surface area contributed by atoms with Gasteiger partial charge in [0, 0.05) is 12.1 Å². The number of halogens is 1. The van der Waals surface area contributed by atoms with Crippen molar-refractivity contribution in [2.75, 3.05) is 18.4 Å². The lowest BCUT2D eigenvalue weighted by Crippen LogP contribution is -2.14. The van der Waals surface area contributed by atoms with E-state index in [1.54, 1.807) is 6.20 Å². The molecule has 0 saturated heterocycles. The van der Waals surface area contributed by atoms with Crippen LogP contribution in [0.5, 0.6) is 0 Å². The topological polar surface area (TPSA) is 86.9 Å². The van der Waals surface area contributed by atoms with Crippen molar-refractivity contribution in [1.82, 2.24) is 15.2 Å². The fraction of sp³-hybridized carbons (Fsp3) is 0.357.